The van der Waals surface area contributed by atoms with Crippen molar-refractivity contribution >= 4 is 11.8 Å². The second-order valence-corrected chi connectivity index (χ2v) is 5.26. The molecule has 2 aliphatic rings. The molecular formula is C13H23N3O2. The standard InChI is InChI=1S/C13H23N3O2/c17-12(13(18)16-8-6-14-7-9-16)15-10-11-4-2-1-3-5-11/h11,14H,1-10H2,(H,15,17). The summed E-state index contributed by atoms with van der Waals surface area (Å²) in [4.78, 5) is 25.3. The van der Waals surface area contributed by atoms with E-state index in [0.717, 1.165) is 13.1 Å². The zero-order chi connectivity index (χ0) is 12.8. The molecule has 0 atom stereocenters. The van der Waals surface area contributed by atoms with Gasteiger partial charge in [-0.3, -0.25) is 9.59 Å². The fourth-order valence-corrected chi connectivity index (χ4v) is 2.72. The molecule has 0 bridgehead atoms. The Labute approximate surface area is 108 Å². The van der Waals surface area contributed by atoms with E-state index in [4.69, 9.17) is 0 Å². The molecular weight excluding hydrogens is 230 g/mol. The number of hydrogen-bond donors (Lipinski definition) is 2. The fourth-order valence-electron chi connectivity index (χ4n) is 2.72. The maximum absolute atomic E-state index is 11.9. The SMILES string of the molecule is O=C(NCC1CCCCC1)C(=O)N1CCNCC1. The Morgan fingerprint density at radius 3 is 2.44 bits per heavy atom. The summed E-state index contributed by atoms with van der Waals surface area (Å²) >= 11 is 0. The van der Waals surface area contributed by atoms with Gasteiger partial charge >= 0.3 is 11.8 Å². The minimum atomic E-state index is -0.428. The first-order valence-electron chi connectivity index (χ1n) is 7.05. The van der Waals surface area contributed by atoms with Gasteiger partial charge in [0.05, 0.1) is 0 Å². The molecule has 1 saturated heterocycles. The molecule has 0 aromatic heterocycles. The summed E-state index contributed by atoms with van der Waals surface area (Å²) in [7, 11) is 0. The lowest BCUT2D eigenvalue weighted by atomic mass is 9.89. The summed E-state index contributed by atoms with van der Waals surface area (Å²) in [5.41, 5.74) is 0. The lowest BCUT2D eigenvalue weighted by Gasteiger charge is -2.27. The number of rotatable bonds is 2. The monoisotopic (exact) mass is 253 g/mol. The maximum atomic E-state index is 11.9. The number of nitrogens with one attached hydrogen (secondary N) is 2. The first kappa shape index (κ1) is 13.3. The summed E-state index contributed by atoms with van der Waals surface area (Å²) < 4.78 is 0. The van der Waals surface area contributed by atoms with Crippen molar-refractivity contribution in [3.63, 3.8) is 0 Å². The zero-order valence-corrected chi connectivity index (χ0v) is 10.9. The Bertz CT molecular complexity index is 295. The Balaban J connectivity index is 1.71. The summed E-state index contributed by atoms with van der Waals surface area (Å²) in [6, 6.07) is 0. The smallest absolute Gasteiger partial charge is 0.311 e. The molecule has 2 rings (SSSR count). The summed E-state index contributed by atoms with van der Waals surface area (Å²) in [6.45, 7) is 3.49. The minimum Gasteiger partial charge on any atom is -0.348 e. The van der Waals surface area contributed by atoms with Crippen LogP contribution in [0.15, 0.2) is 0 Å². The van der Waals surface area contributed by atoms with E-state index >= 15 is 0 Å². The molecule has 0 radical (unpaired) electrons. The van der Waals surface area contributed by atoms with Gasteiger partial charge in [0.25, 0.3) is 0 Å². The molecule has 1 heterocycles. The summed E-state index contributed by atoms with van der Waals surface area (Å²) in [6.07, 6.45) is 6.19. The quantitative estimate of drug-likeness (QED) is 0.687. The molecule has 18 heavy (non-hydrogen) atoms. The topological polar surface area (TPSA) is 61.4 Å². The molecule has 0 aromatic rings. The third kappa shape index (κ3) is 3.70. The largest absolute Gasteiger partial charge is 0.348 e. The van der Waals surface area contributed by atoms with Gasteiger partial charge < -0.3 is 15.5 Å². The predicted molar refractivity (Wildman–Crippen MR) is 69.0 cm³/mol. The van der Waals surface area contributed by atoms with Crippen LogP contribution in [0, 0.1) is 5.92 Å². The molecule has 2 N–H and O–H groups in total. The van der Waals surface area contributed by atoms with Crippen LogP contribution in [0.5, 0.6) is 0 Å². The van der Waals surface area contributed by atoms with Crippen molar-refractivity contribution in [3.8, 4) is 0 Å². The summed E-state index contributed by atoms with van der Waals surface area (Å²) in [5, 5.41) is 5.97. The molecule has 102 valence electrons. The molecule has 5 nitrogen and oxygen atoms in total. The van der Waals surface area contributed by atoms with Crippen molar-refractivity contribution < 1.29 is 9.59 Å². The number of nitrogens with zero attached hydrogens (tertiary/aromatic N) is 1. The predicted octanol–water partition coefficient (Wildman–Crippen LogP) is 0.115. The van der Waals surface area contributed by atoms with E-state index in [2.05, 4.69) is 10.6 Å². The van der Waals surface area contributed by atoms with Crippen molar-refractivity contribution in [3.05, 3.63) is 0 Å². The minimum absolute atomic E-state index is 0.368. The van der Waals surface area contributed by atoms with Gasteiger partial charge in [-0.05, 0) is 18.8 Å². The highest BCUT2D eigenvalue weighted by Crippen LogP contribution is 2.22. The van der Waals surface area contributed by atoms with Crippen molar-refractivity contribution in [1.29, 1.82) is 0 Å². The van der Waals surface area contributed by atoms with E-state index in [0.29, 0.717) is 25.6 Å². The highest BCUT2D eigenvalue weighted by Gasteiger charge is 2.23. The maximum Gasteiger partial charge on any atom is 0.311 e. The van der Waals surface area contributed by atoms with Gasteiger partial charge in [-0.2, -0.15) is 0 Å². The Hall–Kier alpha value is -1.10. The summed E-state index contributed by atoms with van der Waals surface area (Å²) in [5.74, 6) is -0.228. The molecule has 0 spiro atoms. The van der Waals surface area contributed by atoms with Crippen LogP contribution in [0.1, 0.15) is 32.1 Å². The van der Waals surface area contributed by atoms with Gasteiger partial charge in [-0.25, -0.2) is 0 Å². The van der Waals surface area contributed by atoms with Crippen LogP contribution in [-0.2, 0) is 9.59 Å². The Kier molecular flexibility index (Phi) is 4.99. The second-order valence-electron chi connectivity index (χ2n) is 5.26. The van der Waals surface area contributed by atoms with E-state index in [9.17, 15) is 9.59 Å². The Morgan fingerprint density at radius 2 is 1.78 bits per heavy atom. The number of amides is 2. The van der Waals surface area contributed by atoms with E-state index < -0.39 is 5.91 Å². The van der Waals surface area contributed by atoms with Gasteiger partial charge in [0, 0.05) is 32.7 Å². The number of piperazine rings is 1. The van der Waals surface area contributed by atoms with Crippen molar-refractivity contribution in [2.45, 2.75) is 32.1 Å². The highest BCUT2D eigenvalue weighted by molar-refractivity contribution is 6.35. The first-order valence-corrected chi connectivity index (χ1v) is 7.05. The lowest BCUT2D eigenvalue weighted by Crippen LogP contribution is -2.51. The number of carbonyl (C=O) groups excluding carboxylic acids is 2. The van der Waals surface area contributed by atoms with E-state index in [1.54, 1.807) is 4.90 Å². The molecule has 0 unspecified atom stereocenters. The third-order valence-corrected chi connectivity index (χ3v) is 3.87. The van der Waals surface area contributed by atoms with Gasteiger partial charge in [-0.15, -0.1) is 0 Å². The van der Waals surface area contributed by atoms with Crippen LogP contribution in [0.2, 0.25) is 0 Å². The molecule has 2 fully saturated rings. The highest BCUT2D eigenvalue weighted by atomic mass is 16.2. The van der Waals surface area contributed by atoms with Gasteiger partial charge in [0.15, 0.2) is 0 Å². The third-order valence-electron chi connectivity index (χ3n) is 3.87. The van der Waals surface area contributed by atoms with E-state index in [-0.39, 0.29) is 5.91 Å². The van der Waals surface area contributed by atoms with E-state index in [1.807, 2.05) is 0 Å². The van der Waals surface area contributed by atoms with Crippen molar-refractivity contribution in [1.82, 2.24) is 15.5 Å². The first-order chi connectivity index (χ1) is 8.77. The van der Waals surface area contributed by atoms with Gasteiger partial charge in [-0.1, -0.05) is 19.3 Å². The molecule has 5 heteroatoms. The van der Waals surface area contributed by atoms with Crippen LogP contribution in [-0.4, -0.2) is 49.4 Å². The van der Waals surface area contributed by atoms with Gasteiger partial charge in [0.2, 0.25) is 0 Å². The van der Waals surface area contributed by atoms with Crippen LogP contribution < -0.4 is 10.6 Å². The molecule has 1 saturated carbocycles. The van der Waals surface area contributed by atoms with E-state index in [1.165, 1.54) is 32.1 Å². The van der Waals surface area contributed by atoms with Crippen molar-refractivity contribution in [2.75, 3.05) is 32.7 Å². The molecule has 1 aliphatic carbocycles. The molecule has 1 aliphatic heterocycles. The second kappa shape index (κ2) is 6.73. The molecule has 2 amide bonds. The normalized spacial score (nSPS) is 21.7. The average Bonchev–Trinajstić information content (AvgIpc) is 2.46. The molecule has 0 aromatic carbocycles. The fraction of sp³-hybridized carbons (Fsp3) is 0.846. The zero-order valence-electron chi connectivity index (χ0n) is 10.9. The average molecular weight is 253 g/mol. The number of carbonyl (C=O) groups is 2. The Morgan fingerprint density at radius 1 is 1.11 bits per heavy atom. The van der Waals surface area contributed by atoms with Crippen molar-refractivity contribution in [2.24, 2.45) is 5.92 Å². The van der Waals surface area contributed by atoms with Crippen LogP contribution in [0.25, 0.3) is 0 Å². The van der Waals surface area contributed by atoms with Gasteiger partial charge in [0.1, 0.15) is 0 Å². The van der Waals surface area contributed by atoms with Crippen LogP contribution in [0.3, 0.4) is 0 Å². The number of hydrogen-bond acceptors (Lipinski definition) is 3. The van der Waals surface area contributed by atoms with Crippen LogP contribution >= 0.6 is 0 Å². The lowest BCUT2D eigenvalue weighted by molar-refractivity contribution is -0.146. The van der Waals surface area contributed by atoms with Crippen LogP contribution in [0.4, 0.5) is 0 Å².